The molecule has 0 bridgehead atoms. The van der Waals surface area contributed by atoms with Crippen LogP contribution in [0.1, 0.15) is 39.0 Å². The van der Waals surface area contributed by atoms with Crippen LogP contribution < -0.4 is 0 Å². The number of aliphatic hydroxyl groups excluding tert-OH is 1. The highest BCUT2D eigenvalue weighted by molar-refractivity contribution is 5.93. The lowest BCUT2D eigenvalue weighted by atomic mass is 9.85. The molecule has 2 aliphatic heterocycles. The molecule has 102 valence electrons. The largest absolute Gasteiger partial charge is 0.387 e. The van der Waals surface area contributed by atoms with E-state index in [0.717, 1.165) is 45.2 Å². The maximum absolute atomic E-state index is 12.6. The molecule has 2 heterocycles. The monoisotopic (exact) mass is 254 g/mol. The van der Waals surface area contributed by atoms with E-state index in [9.17, 15) is 9.59 Å². The van der Waals surface area contributed by atoms with Crippen molar-refractivity contribution in [3.8, 4) is 0 Å². The summed E-state index contributed by atoms with van der Waals surface area (Å²) in [6, 6.07) is 0. The molecular formula is C13H22N2O3. The number of piperidine rings is 1. The highest BCUT2D eigenvalue weighted by Crippen LogP contribution is 2.38. The minimum atomic E-state index is -0.646. The van der Waals surface area contributed by atoms with E-state index in [0.29, 0.717) is 6.54 Å². The van der Waals surface area contributed by atoms with Crippen LogP contribution in [0.3, 0.4) is 0 Å². The smallest absolute Gasteiger partial charge is 0.249 e. The topological polar surface area (TPSA) is 60.9 Å². The zero-order valence-electron chi connectivity index (χ0n) is 11.0. The van der Waals surface area contributed by atoms with Gasteiger partial charge in [0.1, 0.15) is 12.1 Å². The summed E-state index contributed by atoms with van der Waals surface area (Å²) < 4.78 is 0. The summed E-state index contributed by atoms with van der Waals surface area (Å²) in [5.74, 6) is -0.214. The zero-order chi connectivity index (χ0) is 13.2. The number of amides is 2. The fraction of sp³-hybridized carbons (Fsp3) is 0.846. The molecule has 1 atom stereocenters. The van der Waals surface area contributed by atoms with Gasteiger partial charge in [0.15, 0.2) is 0 Å². The first-order valence-electron chi connectivity index (χ1n) is 6.86. The molecule has 0 radical (unpaired) electrons. The van der Waals surface area contributed by atoms with E-state index in [4.69, 9.17) is 5.11 Å². The highest BCUT2D eigenvalue weighted by Gasteiger charge is 2.52. The molecule has 5 nitrogen and oxygen atoms in total. The van der Waals surface area contributed by atoms with Gasteiger partial charge in [0.05, 0.1) is 0 Å². The van der Waals surface area contributed by atoms with E-state index in [2.05, 4.69) is 6.92 Å². The Balaban J connectivity index is 2.22. The Bertz CT molecular complexity index is 343. The van der Waals surface area contributed by atoms with Crippen LogP contribution in [-0.2, 0) is 9.59 Å². The van der Waals surface area contributed by atoms with E-state index in [1.54, 1.807) is 4.90 Å². The second-order valence-electron chi connectivity index (χ2n) is 5.23. The predicted molar refractivity (Wildman–Crippen MR) is 66.9 cm³/mol. The third-order valence-corrected chi connectivity index (χ3v) is 4.12. The van der Waals surface area contributed by atoms with Crippen molar-refractivity contribution in [3.05, 3.63) is 0 Å². The van der Waals surface area contributed by atoms with Crippen molar-refractivity contribution in [2.45, 2.75) is 44.6 Å². The Labute approximate surface area is 108 Å². The Morgan fingerprint density at radius 2 is 2.00 bits per heavy atom. The van der Waals surface area contributed by atoms with Gasteiger partial charge in [-0.25, -0.2) is 0 Å². The highest BCUT2D eigenvalue weighted by atomic mass is 16.3. The first kappa shape index (κ1) is 13.3. The molecule has 5 heteroatoms. The van der Waals surface area contributed by atoms with Crippen LogP contribution in [0.15, 0.2) is 0 Å². The number of aliphatic hydroxyl groups is 1. The van der Waals surface area contributed by atoms with Gasteiger partial charge in [-0.3, -0.25) is 9.59 Å². The lowest BCUT2D eigenvalue weighted by Gasteiger charge is -2.44. The fourth-order valence-electron chi connectivity index (χ4n) is 3.36. The summed E-state index contributed by atoms with van der Waals surface area (Å²) in [6.07, 6.45) is 4.24. The number of carbonyl (C=O) groups excluding carboxylic acids is 2. The van der Waals surface area contributed by atoms with Crippen LogP contribution in [0.2, 0.25) is 0 Å². The lowest BCUT2D eigenvalue weighted by molar-refractivity contribution is -0.156. The summed E-state index contributed by atoms with van der Waals surface area (Å²) in [5.41, 5.74) is -0.646. The Morgan fingerprint density at radius 1 is 1.33 bits per heavy atom. The second-order valence-corrected chi connectivity index (χ2v) is 5.23. The quantitative estimate of drug-likeness (QED) is 0.791. The van der Waals surface area contributed by atoms with Gasteiger partial charge in [0, 0.05) is 19.6 Å². The number of hydrogen-bond donors (Lipinski definition) is 1. The van der Waals surface area contributed by atoms with Crippen molar-refractivity contribution >= 4 is 11.8 Å². The molecule has 1 unspecified atom stereocenters. The van der Waals surface area contributed by atoms with Crippen LogP contribution in [0.25, 0.3) is 0 Å². The lowest BCUT2D eigenvalue weighted by Crippen LogP contribution is -2.61. The van der Waals surface area contributed by atoms with Crippen LogP contribution >= 0.6 is 0 Å². The molecular weight excluding hydrogens is 232 g/mol. The molecule has 0 aromatic rings. The maximum atomic E-state index is 12.6. The van der Waals surface area contributed by atoms with Gasteiger partial charge in [0.25, 0.3) is 0 Å². The van der Waals surface area contributed by atoms with E-state index in [1.165, 1.54) is 0 Å². The second kappa shape index (κ2) is 5.26. The Hall–Kier alpha value is -1.10. The Morgan fingerprint density at radius 3 is 2.61 bits per heavy atom. The van der Waals surface area contributed by atoms with Crippen molar-refractivity contribution < 1.29 is 14.7 Å². The number of nitrogens with zero attached hydrogens (tertiary/aromatic N) is 2. The van der Waals surface area contributed by atoms with Gasteiger partial charge < -0.3 is 14.9 Å². The van der Waals surface area contributed by atoms with Gasteiger partial charge in [-0.05, 0) is 32.1 Å². The molecule has 2 fully saturated rings. The van der Waals surface area contributed by atoms with Crippen molar-refractivity contribution in [2.75, 3.05) is 26.2 Å². The molecule has 18 heavy (non-hydrogen) atoms. The van der Waals surface area contributed by atoms with Crippen molar-refractivity contribution in [3.63, 3.8) is 0 Å². The number of likely N-dealkylation sites (tertiary alicyclic amines) is 2. The van der Waals surface area contributed by atoms with Crippen LogP contribution in [0, 0.1) is 0 Å². The average Bonchev–Trinajstić information content (AvgIpc) is 2.79. The summed E-state index contributed by atoms with van der Waals surface area (Å²) in [7, 11) is 0. The van der Waals surface area contributed by atoms with E-state index >= 15 is 0 Å². The van der Waals surface area contributed by atoms with Gasteiger partial charge in [-0.1, -0.05) is 6.92 Å². The first-order chi connectivity index (χ1) is 8.65. The van der Waals surface area contributed by atoms with Gasteiger partial charge in [0.2, 0.25) is 11.8 Å². The molecule has 2 aliphatic rings. The molecule has 0 aliphatic carbocycles. The number of hydrogen-bond acceptors (Lipinski definition) is 3. The number of carbonyl (C=O) groups is 2. The molecule has 2 saturated heterocycles. The molecule has 2 amide bonds. The van der Waals surface area contributed by atoms with E-state index < -0.39 is 12.1 Å². The van der Waals surface area contributed by atoms with E-state index in [1.807, 2.05) is 4.90 Å². The van der Waals surface area contributed by atoms with Crippen molar-refractivity contribution in [1.82, 2.24) is 9.80 Å². The molecule has 2 rings (SSSR count). The standard InChI is InChI=1S/C13H22N2O3/c1-2-7-14-8-3-5-13(12(14)18)6-4-9-15(13)11(17)10-16/h16H,2-10H2,1H3. The first-order valence-corrected chi connectivity index (χ1v) is 6.86. The third-order valence-electron chi connectivity index (χ3n) is 4.12. The zero-order valence-corrected chi connectivity index (χ0v) is 11.0. The third kappa shape index (κ3) is 2.00. The predicted octanol–water partition coefficient (Wildman–Crippen LogP) is 0.372. The minimum absolute atomic E-state index is 0.0925. The SMILES string of the molecule is CCCN1CCCC2(CCCN2C(=O)CO)C1=O. The molecule has 1 N–H and O–H groups in total. The van der Waals surface area contributed by atoms with E-state index in [-0.39, 0.29) is 11.8 Å². The summed E-state index contributed by atoms with van der Waals surface area (Å²) >= 11 is 0. The summed E-state index contributed by atoms with van der Waals surface area (Å²) in [5, 5.41) is 9.05. The Kier molecular flexibility index (Phi) is 3.90. The molecule has 0 saturated carbocycles. The summed E-state index contributed by atoms with van der Waals surface area (Å²) in [6.45, 7) is 3.73. The molecule has 0 aromatic heterocycles. The summed E-state index contributed by atoms with van der Waals surface area (Å²) in [4.78, 5) is 27.9. The molecule has 0 aromatic carbocycles. The normalized spacial score (nSPS) is 28.2. The van der Waals surface area contributed by atoms with Crippen LogP contribution in [0.4, 0.5) is 0 Å². The van der Waals surface area contributed by atoms with Gasteiger partial charge in [-0.15, -0.1) is 0 Å². The molecule has 1 spiro atoms. The average molecular weight is 254 g/mol. The van der Waals surface area contributed by atoms with Gasteiger partial charge >= 0.3 is 0 Å². The minimum Gasteiger partial charge on any atom is -0.387 e. The number of rotatable bonds is 3. The van der Waals surface area contributed by atoms with Crippen molar-refractivity contribution in [1.29, 1.82) is 0 Å². The van der Waals surface area contributed by atoms with Gasteiger partial charge in [-0.2, -0.15) is 0 Å². The van der Waals surface area contributed by atoms with Crippen LogP contribution in [0.5, 0.6) is 0 Å². The van der Waals surface area contributed by atoms with Crippen molar-refractivity contribution in [2.24, 2.45) is 0 Å². The van der Waals surface area contributed by atoms with Crippen LogP contribution in [-0.4, -0.2) is 58.5 Å². The fourth-order valence-corrected chi connectivity index (χ4v) is 3.36. The maximum Gasteiger partial charge on any atom is 0.249 e.